The van der Waals surface area contributed by atoms with Gasteiger partial charge in [0.1, 0.15) is 18.7 Å². The van der Waals surface area contributed by atoms with Gasteiger partial charge in [-0.15, -0.1) is 0 Å². The Labute approximate surface area is 307 Å². The average molecular weight is 779 g/mol. The Bertz CT molecular complexity index is 2150. The van der Waals surface area contributed by atoms with Crippen LogP contribution >= 0.6 is 15.9 Å². The molecule has 0 radical (unpaired) electrons. The minimum absolute atomic E-state index is 0.0618. The van der Waals surface area contributed by atoms with E-state index in [1.165, 1.54) is 0 Å². The molecule has 5 heterocycles. The minimum atomic E-state index is -1.93. The molecule has 274 valence electrons. The molecule has 52 heavy (non-hydrogen) atoms. The molecule has 9 rings (SSSR count). The van der Waals surface area contributed by atoms with Crippen molar-refractivity contribution in [3.63, 3.8) is 0 Å². The molecule has 0 spiro atoms. The molecule has 3 saturated carbocycles. The fraction of sp³-hybridized carbons (Fsp3) is 0.514. The van der Waals surface area contributed by atoms with E-state index in [1.54, 1.807) is 17.6 Å². The Kier molecular flexibility index (Phi) is 7.99. The quantitative estimate of drug-likeness (QED) is 0.138. The number of carbonyl (C=O) groups excluding carboxylic acids is 4. The molecule has 1 aromatic carbocycles. The molecular weight excluding hydrogens is 738 g/mol. The molecule has 3 amide bonds. The lowest BCUT2D eigenvalue weighted by molar-refractivity contribution is -0.172. The maximum atomic E-state index is 14.0. The molecule has 3 aromatic rings. The van der Waals surface area contributed by atoms with Crippen LogP contribution in [0.4, 0.5) is 0 Å². The first-order valence-corrected chi connectivity index (χ1v) is 18.8. The van der Waals surface area contributed by atoms with Crippen molar-refractivity contribution in [3.8, 4) is 22.9 Å². The van der Waals surface area contributed by atoms with Crippen LogP contribution in [0.15, 0.2) is 23.0 Å². The third kappa shape index (κ3) is 5.06. The SMILES string of the molecule is CCC[C@@]1(O)C(=O)OCc2c1cc1n(c2=O)Cc2c-1nc1cc3c(cc1c2C12CC(NC(=O)[C@H](C)NC(=O)[C@@H](NC(=O)CBr)C(C)C)(C1)C2)OCO3. The van der Waals surface area contributed by atoms with Crippen LogP contribution in [0.3, 0.4) is 0 Å². The first kappa shape index (κ1) is 34.6. The van der Waals surface area contributed by atoms with Crippen LogP contribution in [0, 0.1) is 5.92 Å². The van der Waals surface area contributed by atoms with E-state index in [4.69, 9.17) is 19.2 Å². The van der Waals surface area contributed by atoms with Crippen molar-refractivity contribution in [3.05, 3.63) is 50.8 Å². The van der Waals surface area contributed by atoms with Gasteiger partial charge in [-0.05, 0) is 56.2 Å². The zero-order valence-corrected chi connectivity index (χ0v) is 30.9. The number of fused-ring (bicyclic) bond motifs is 6. The van der Waals surface area contributed by atoms with Crippen molar-refractivity contribution < 1.29 is 38.5 Å². The monoisotopic (exact) mass is 777 g/mol. The zero-order chi connectivity index (χ0) is 36.9. The van der Waals surface area contributed by atoms with Gasteiger partial charge in [0.05, 0.1) is 34.3 Å². The topological polar surface area (TPSA) is 187 Å². The highest BCUT2D eigenvalue weighted by Crippen LogP contribution is 2.70. The summed E-state index contributed by atoms with van der Waals surface area (Å²) in [7, 11) is 0. The maximum Gasteiger partial charge on any atom is 0.343 e. The van der Waals surface area contributed by atoms with Crippen LogP contribution in [0.2, 0.25) is 0 Å². The molecule has 2 aromatic heterocycles. The minimum Gasteiger partial charge on any atom is -0.458 e. The van der Waals surface area contributed by atoms with Crippen molar-refractivity contribution >= 4 is 50.5 Å². The number of hydrogen-bond acceptors (Lipinski definition) is 10. The molecule has 4 N–H and O–H groups in total. The average Bonchev–Trinajstić information content (AvgIpc) is 3.68. The lowest BCUT2D eigenvalue weighted by Crippen LogP contribution is -2.77. The number of benzene rings is 1. The predicted octanol–water partition coefficient (Wildman–Crippen LogP) is 2.53. The summed E-state index contributed by atoms with van der Waals surface area (Å²) in [6.45, 7) is 7.24. The summed E-state index contributed by atoms with van der Waals surface area (Å²) in [5.74, 6) is -0.846. The van der Waals surface area contributed by atoms with Crippen LogP contribution in [-0.2, 0) is 48.1 Å². The van der Waals surface area contributed by atoms with Gasteiger partial charge in [-0.25, -0.2) is 9.78 Å². The van der Waals surface area contributed by atoms with Crippen molar-refractivity contribution in [2.45, 2.75) is 102 Å². The van der Waals surface area contributed by atoms with E-state index >= 15 is 0 Å². The van der Waals surface area contributed by atoms with E-state index in [-0.39, 0.29) is 71.5 Å². The Morgan fingerprint density at radius 3 is 2.38 bits per heavy atom. The van der Waals surface area contributed by atoms with Crippen LogP contribution in [-0.4, -0.2) is 68.1 Å². The molecule has 3 atom stereocenters. The normalized spacial score (nSPS) is 25.6. The second-order valence-corrected chi connectivity index (χ2v) is 15.8. The highest BCUT2D eigenvalue weighted by Gasteiger charge is 2.70. The third-order valence-corrected chi connectivity index (χ3v) is 11.9. The first-order chi connectivity index (χ1) is 24.7. The second-order valence-electron chi connectivity index (χ2n) is 15.3. The van der Waals surface area contributed by atoms with Gasteiger partial charge in [-0.1, -0.05) is 43.1 Å². The molecule has 3 fully saturated rings. The van der Waals surface area contributed by atoms with Crippen LogP contribution in [0.5, 0.6) is 11.5 Å². The Morgan fingerprint density at radius 2 is 1.71 bits per heavy atom. The van der Waals surface area contributed by atoms with Crippen molar-refractivity contribution in [1.29, 1.82) is 0 Å². The van der Waals surface area contributed by atoms with Gasteiger partial charge in [0.15, 0.2) is 17.1 Å². The third-order valence-electron chi connectivity index (χ3n) is 11.4. The Morgan fingerprint density at radius 1 is 1.00 bits per heavy atom. The number of carbonyl (C=O) groups is 4. The van der Waals surface area contributed by atoms with Crippen LogP contribution in [0.1, 0.15) is 82.1 Å². The highest BCUT2D eigenvalue weighted by atomic mass is 79.9. The van der Waals surface area contributed by atoms with E-state index < -0.39 is 35.1 Å². The molecule has 3 aliphatic carbocycles. The standard InChI is InChI=1S/C37H40BrN5O9/c1-5-6-37(49)22-8-24-30-20(11-43(24)33(47)21(22)12-50-34(37)48)28(19-7-25-26(52-16-51-25)9-23(19)40-30)35-13-36(14-35,15-35)42-31(45)18(4)39-32(46)29(17(2)3)41-27(44)10-38/h7-9,17-18,29,49H,5-6,10-16H2,1-4H3,(H,39,46)(H,41,44)(H,42,45)/t18-,29-,35?,36?,37-/m0/s1. The molecule has 0 unspecified atom stereocenters. The summed E-state index contributed by atoms with van der Waals surface area (Å²) in [5, 5.41) is 21.1. The molecule has 2 bridgehead atoms. The van der Waals surface area contributed by atoms with Crippen molar-refractivity contribution in [2.24, 2.45) is 5.92 Å². The fourth-order valence-corrected chi connectivity index (χ4v) is 9.17. The number of amides is 3. The van der Waals surface area contributed by atoms with Gasteiger partial charge in [0.2, 0.25) is 24.5 Å². The van der Waals surface area contributed by atoms with Crippen LogP contribution < -0.4 is 31.0 Å². The summed E-state index contributed by atoms with van der Waals surface area (Å²) in [6, 6.07) is 3.88. The Balaban J connectivity index is 1.11. The molecule has 0 saturated heterocycles. The summed E-state index contributed by atoms with van der Waals surface area (Å²) < 4.78 is 18.4. The van der Waals surface area contributed by atoms with E-state index in [9.17, 15) is 29.1 Å². The first-order valence-electron chi connectivity index (χ1n) is 17.6. The number of cyclic esters (lactones) is 1. The number of aromatic nitrogens is 2. The molecule has 6 aliphatic rings. The van der Waals surface area contributed by atoms with Gasteiger partial charge in [0, 0.05) is 33.5 Å². The molecular formula is C37H40BrN5O9. The largest absolute Gasteiger partial charge is 0.458 e. The van der Waals surface area contributed by atoms with Crippen LogP contribution in [0.25, 0.3) is 22.3 Å². The van der Waals surface area contributed by atoms with E-state index in [1.807, 2.05) is 32.9 Å². The summed E-state index contributed by atoms with van der Waals surface area (Å²) in [6.07, 6.45) is 2.54. The fourth-order valence-electron chi connectivity index (χ4n) is 9.01. The number of rotatable bonds is 10. The second kappa shape index (κ2) is 12.0. The number of pyridine rings is 2. The van der Waals surface area contributed by atoms with E-state index in [0.29, 0.717) is 54.1 Å². The number of hydrogen-bond donors (Lipinski definition) is 4. The summed E-state index contributed by atoms with van der Waals surface area (Å²) in [5.41, 5.74) is 1.16. The number of halogens is 1. The lowest BCUT2D eigenvalue weighted by Gasteiger charge is -2.71. The van der Waals surface area contributed by atoms with Crippen molar-refractivity contribution in [1.82, 2.24) is 25.5 Å². The van der Waals surface area contributed by atoms with E-state index in [0.717, 1.165) is 16.5 Å². The number of aliphatic hydroxyl groups is 1. The van der Waals surface area contributed by atoms with Crippen molar-refractivity contribution in [2.75, 3.05) is 12.1 Å². The van der Waals surface area contributed by atoms with Gasteiger partial charge in [0.25, 0.3) is 5.56 Å². The van der Waals surface area contributed by atoms with Gasteiger partial charge >= 0.3 is 5.97 Å². The Hall–Kier alpha value is -4.50. The number of alkyl halides is 1. The molecule has 15 heteroatoms. The van der Waals surface area contributed by atoms with E-state index in [2.05, 4.69) is 31.9 Å². The zero-order valence-electron chi connectivity index (χ0n) is 29.3. The molecule has 3 aliphatic heterocycles. The van der Waals surface area contributed by atoms with Gasteiger partial charge in [-0.3, -0.25) is 19.2 Å². The van der Waals surface area contributed by atoms with Gasteiger partial charge < -0.3 is 39.8 Å². The summed E-state index contributed by atoms with van der Waals surface area (Å²) >= 11 is 3.10. The number of nitrogens with one attached hydrogen (secondary N) is 3. The predicted molar refractivity (Wildman–Crippen MR) is 190 cm³/mol. The number of ether oxygens (including phenoxy) is 3. The number of nitrogens with zero attached hydrogens (tertiary/aromatic N) is 2. The highest BCUT2D eigenvalue weighted by molar-refractivity contribution is 9.09. The number of esters is 1. The van der Waals surface area contributed by atoms with Gasteiger partial charge in [-0.2, -0.15) is 0 Å². The lowest BCUT2D eigenvalue weighted by atomic mass is 9.37. The maximum absolute atomic E-state index is 14.0. The summed E-state index contributed by atoms with van der Waals surface area (Å²) in [4.78, 5) is 70.4. The molecule has 14 nitrogen and oxygen atoms in total. The smallest absolute Gasteiger partial charge is 0.343 e.